The van der Waals surface area contributed by atoms with Crippen molar-refractivity contribution in [2.45, 2.75) is 32.6 Å². The molecule has 2 rings (SSSR count). The van der Waals surface area contributed by atoms with Crippen molar-refractivity contribution in [3.8, 4) is 5.75 Å². The third-order valence-corrected chi connectivity index (χ3v) is 5.55. The van der Waals surface area contributed by atoms with Crippen molar-refractivity contribution in [3.63, 3.8) is 0 Å². The number of hydrogen-bond acceptors (Lipinski definition) is 4. The quantitative estimate of drug-likeness (QED) is 0.777. The molecule has 2 aromatic carbocycles. The van der Waals surface area contributed by atoms with Crippen LogP contribution in [0.4, 0.5) is 5.69 Å². The van der Waals surface area contributed by atoms with Gasteiger partial charge in [0.05, 0.1) is 6.61 Å². The van der Waals surface area contributed by atoms with Crippen molar-refractivity contribution < 1.29 is 17.9 Å². The van der Waals surface area contributed by atoms with Crippen LogP contribution in [0.1, 0.15) is 35.3 Å². The van der Waals surface area contributed by atoms with Crippen LogP contribution in [-0.4, -0.2) is 27.5 Å². The highest BCUT2D eigenvalue weighted by atomic mass is 32.2. The highest BCUT2D eigenvalue weighted by Gasteiger charge is 2.21. The Bertz CT molecular complexity index is 908. The second-order valence-electron chi connectivity index (χ2n) is 5.80. The maximum absolute atomic E-state index is 12.6. The number of aryl methyl sites for hydroxylation is 1. The van der Waals surface area contributed by atoms with Crippen LogP contribution < -0.4 is 14.8 Å². The van der Waals surface area contributed by atoms with Crippen LogP contribution in [-0.2, 0) is 10.0 Å². The molecule has 26 heavy (non-hydrogen) atoms. The molecule has 0 bridgehead atoms. The fourth-order valence-corrected chi connectivity index (χ4v) is 3.69. The lowest BCUT2D eigenvalue weighted by molar-refractivity contribution is 0.102. The summed E-state index contributed by atoms with van der Waals surface area (Å²) in [5.74, 6) is -0.161. The van der Waals surface area contributed by atoms with Gasteiger partial charge < -0.3 is 10.1 Å². The summed E-state index contributed by atoms with van der Waals surface area (Å²) >= 11 is 0. The van der Waals surface area contributed by atoms with Crippen molar-refractivity contribution in [1.29, 1.82) is 0 Å². The summed E-state index contributed by atoms with van der Waals surface area (Å²) in [5.41, 5.74) is 2.96. The normalized spacial score (nSPS) is 11.2. The average molecular weight is 376 g/mol. The van der Waals surface area contributed by atoms with Crippen LogP contribution in [0.15, 0.2) is 41.3 Å². The van der Waals surface area contributed by atoms with Gasteiger partial charge in [0.2, 0.25) is 10.0 Å². The number of carbonyl (C=O) groups is 1. The number of sulfonamides is 1. The molecule has 6 nitrogen and oxygen atoms in total. The minimum Gasteiger partial charge on any atom is -0.492 e. The van der Waals surface area contributed by atoms with E-state index in [1.807, 2.05) is 32.0 Å². The first-order valence-electron chi connectivity index (χ1n) is 8.44. The third-order valence-electron chi connectivity index (χ3n) is 3.98. The molecule has 0 aliphatic rings. The minimum absolute atomic E-state index is 0.0465. The number of ether oxygens (including phenoxy) is 1. The zero-order valence-electron chi connectivity index (χ0n) is 15.4. The van der Waals surface area contributed by atoms with Crippen molar-refractivity contribution in [1.82, 2.24) is 4.72 Å². The van der Waals surface area contributed by atoms with E-state index in [2.05, 4.69) is 10.0 Å². The van der Waals surface area contributed by atoms with Gasteiger partial charge in [-0.2, -0.15) is 0 Å². The molecule has 0 saturated heterocycles. The zero-order chi connectivity index (χ0) is 19.3. The summed E-state index contributed by atoms with van der Waals surface area (Å²) in [6.07, 6.45) is 0. The predicted octanol–water partition coefficient (Wildman–Crippen LogP) is 3.25. The molecule has 0 aliphatic carbocycles. The summed E-state index contributed by atoms with van der Waals surface area (Å²) < 4.78 is 32.7. The van der Waals surface area contributed by atoms with Gasteiger partial charge in [0.15, 0.2) is 0 Å². The Kier molecular flexibility index (Phi) is 6.39. The Balaban J connectivity index is 2.40. The van der Waals surface area contributed by atoms with Crippen LogP contribution in [0.25, 0.3) is 0 Å². The van der Waals surface area contributed by atoms with E-state index < -0.39 is 10.0 Å². The highest BCUT2D eigenvalue weighted by Crippen LogP contribution is 2.26. The summed E-state index contributed by atoms with van der Waals surface area (Å²) in [4.78, 5) is 12.6. The Hall–Kier alpha value is -2.38. The van der Waals surface area contributed by atoms with Crippen LogP contribution >= 0.6 is 0 Å². The molecular weight excluding hydrogens is 352 g/mol. The molecule has 1 amide bonds. The molecule has 2 aromatic rings. The molecule has 0 spiro atoms. The van der Waals surface area contributed by atoms with E-state index >= 15 is 0 Å². The molecule has 0 heterocycles. The molecule has 0 aliphatic heterocycles. The van der Waals surface area contributed by atoms with E-state index in [1.54, 1.807) is 19.9 Å². The average Bonchev–Trinajstić information content (AvgIpc) is 2.59. The lowest BCUT2D eigenvalue weighted by Crippen LogP contribution is -2.24. The fourth-order valence-electron chi connectivity index (χ4n) is 2.48. The van der Waals surface area contributed by atoms with E-state index in [4.69, 9.17) is 4.74 Å². The first-order chi connectivity index (χ1) is 12.3. The van der Waals surface area contributed by atoms with Crippen LogP contribution in [0.3, 0.4) is 0 Å². The molecule has 0 radical (unpaired) electrons. The zero-order valence-corrected chi connectivity index (χ0v) is 16.2. The lowest BCUT2D eigenvalue weighted by Gasteiger charge is -2.14. The van der Waals surface area contributed by atoms with Gasteiger partial charge in [-0.25, -0.2) is 13.1 Å². The highest BCUT2D eigenvalue weighted by molar-refractivity contribution is 7.89. The Morgan fingerprint density at radius 3 is 2.50 bits per heavy atom. The summed E-state index contributed by atoms with van der Waals surface area (Å²) in [6.45, 7) is 7.91. The Morgan fingerprint density at radius 2 is 1.85 bits per heavy atom. The second kappa shape index (κ2) is 8.33. The molecule has 140 valence electrons. The molecular formula is C19H24N2O4S. The van der Waals surface area contributed by atoms with Gasteiger partial charge in [0.25, 0.3) is 5.91 Å². The van der Waals surface area contributed by atoms with Gasteiger partial charge >= 0.3 is 0 Å². The maximum Gasteiger partial charge on any atom is 0.255 e. The van der Waals surface area contributed by atoms with E-state index in [-0.39, 0.29) is 28.7 Å². The molecule has 0 atom stereocenters. The van der Waals surface area contributed by atoms with Gasteiger partial charge in [-0.05, 0) is 56.2 Å². The topological polar surface area (TPSA) is 84.5 Å². The van der Waals surface area contributed by atoms with Crippen molar-refractivity contribution in [3.05, 3.63) is 53.1 Å². The predicted molar refractivity (Wildman–Crippen MR) is 102 cm³/mol. The largest absolute Gasteiger partial charge is 0.492 e. The number of anilines is 1. The first kappa shape index (κ1) is 19.9. The number of nitrogens with one attached hydrogen (secondary N) is 2. The number of rotatable bonds is 7. The number of carbonyl (C=O) groups excluding carboxylic acids is 1. The third kappa shape index (κ3) is 4.42. The van der Waals surface area contributed by atoms with E-state index in [0.29, 0.717) is 12.3 Å². The summed E-state index contributed by atoms with van der Waals surface area (Å²) in [7, 11) is -3.76. The van der Waals surface area contributed by atoms with Gasteiger partial charge in [-0.1, -0.05) is 19.1 Å². The maximum atomic E-state index is 12.6. The SMILES string of the molecule is CCNS(=O)(=O)c1cc(C(=O)Nc2cccc(C)c2C)ccc1OCC. The van der Waals surface area contributed by atoms with E-state index in [0.717, 1.165) is 11.1 Å². The molecule has 2 N–H and O–H groups in total. The molecule has 7 heteroatoms. The molecule has 0 aromatic heterocycles. The molecule has 0 saturated carbocycles. The molecule has 0 fully saturated rings. The van der Waals surface area contributed by atoms with Gasteiger partial charge in [-0.15, -0.1) is 0 Å². The van der Waals surface area contributed by atoms with Gasteiger partial charge in [-0.3, -0.25) is 4.79 Å². The van der Waals surface area contributed by atoms with Crippen LogP contribution in [0.5, 0.6) is 5.75 Å². The van der Waals surface area contributed by atoms with Gasteiger partial charge in [0.1, 0.15) is 10.6 Å². The summed E-state index contributed by atoms with van der Waals surface area (Å²) in [5, 5.41) is 2.83. The van der Waals surface area contributed by atoms with Crippen LogP contribution in [0, 0.1) is 13.8 Å². The van der Waals surface area contributed by atoms with Crippen molar-refractivity contribution >= 4 is 21.6 Å². The van der Waals surface area contributed by atoms with E-state index in [1.165, 1.54) is 12.1 Å². The van der Waals surface area contributed by atoms with Gasteiger partial charge in [0, 0.05) is 17.8 Å². The lowest BCUT2D eigenvalue weighted by atomic mass is 10.1. The number of hydrogen-bond donors (Lipinski definition) is 2. The van der Waals surface area contributed by atoms with E-state index in [9.17, 15) is 13.2 Å². The first-order valence-corrected chi connectivity index (χ1v) is 9.92. The summed E-state index contributed by atoms with van der Waals surface area (Å²) in [6, 6.07) is 10.0. The Morgan fingerprint density at radius 1 is 1.12 bits per heavy atom. The van der Waals surface area contributed by atoms with Crippen LogP contribution in [0.2, 0.25) is 0 Å². The molecule has 0 unspecified atom stereocenters. The smallest absolute Gasteiger partial charge is 0.255 e. The minimum atomic E-state index is -3.76. The van der Waals surface area contributed by atoms with Crippen molar-refractivity contribution in [2.24, 2.45) is 0 Å². The number of benzene rings is 2. The van der Waals surface area contributed by atoms with Crippen molar-refractivity contribution in [2.75, 3.05) is 18.5 Å². The standard InChI is InChI=1S/C19H24N2O4S/c1-5-20-26(23,24)18-12-15(10-11-17(18)25-6-2)19(22)21-16-9-7-8-13(3)14(16)4/h7-12,20H,5-6H2,1-4H3,(H,21,22). The monoisotopic (exact) mass is 376 g/mol. The fraction of sp³-hybridized carbons (Fsp3) is 0.316. The second-order valence-corrected chi connectivity index (χ2v) is 7.53. The Labute approximate surface area is 154 Å². The number of amides is 1.